The van der Waals surface area contributed by atoms with E-state index in [1.165, 1.54) is 57.0 Å². The van der Waals surface area contributed by atoms with Crippen LogP contribution in [0, 0.1) is 0 Å². The number of sulfonamides is 1. The molecule has 1 fully saturated rings. The maximum atomic E-state index is 15.4. The minimum atomic E-state index is -4.50. The van der Waals surface area contributed by atoms with Crippen LogP contribution in [0.3, 0.4) is 0 Å². The maximum absolute atomic E-state index is 15.4. The Labute approximate surface area is 276 Å². The summed E-state index contributed by atoms with van der Waals surface area (Å²) in [5, 5.41) is 12.7. The van der Waals surface area contributed by atoms with E-state index >= 15 is 4.79 Å². The van der Waals surface area contributed by atoms with Crippen molar-refractivity contribution in [2.45, 2.75) is 35.9 Å². The lowest BCUT2D eigenvalue weighted by Gasteiger charge is -2.41. The Hall–Kier alpha value is -3.65. The Kier molecular flexibility index (Phi) is 9.03. The first kappa shape index (κ1) is 32.3. The van der Waals surface area contributed by atoms with E-state index in [2.05, 4.69) is 10.3 Å². The largest absolute Gasteiger partial charge is 0.497 e. The Morgan fingerprint density at radius 3 is 2.50 bits per heavy atom. The zero-order chi connectivity index (χ0) is 32.6. The molecule has 46 heavy (non-hydrogen) atoms. The van der Waals surface area contributed by atoms with Gasteiger partial charge in [0.15, 0.2) is 5.54 Å². The van der Waals surface area contributed by atoms with Crippen molar-refractivity contribution in [3.63, 3.8) is 0 Å². The van der Waals surface area contributed by atoms with Crippen molar-refractivity contribution in [2.24, 2.45) is 0 Å². The van der Waals surface area contributed by atoms with Gasteiger partial charge in [-0.2, -0.15) is 0 Å². The highest BCUT2D eigenvalue weighted by atomic mass is 35.5. The number of oxazole rings is 1. The molecule has 242 valence electrons. The number of ether oxygens (including phenoxy) is 2. The molecule has 3 aromatic carbocycles. The van der Waals surface area contributed by atoms with E-state index in [0.29, 0.717) is 61.0 Å². The van der Waals surface area contributed by atoms with Crippen molar-refractivity contribution >= 4 is 44.8 Å². The summed E-state index contributed by atoms with van der Waals surface area (Å²) in [6.07, 6.45) is 4.27. The molecule has 1 unspecified atom stereocenters. The first-order valence-corrected chi connectivity index (χ1v) is 16.8. The van der Waals surface area contributed by atoms with Gasteiger partial charge in [-0.15, -0.1) is 0 Å². The van der Waals surface area contributed by atoms with Crippen molar-refractivity contribution in [2.75, 3.05) is 38.2 Å². The average Bonchev–Trinajstić information content (AvgIpc) is 3.81. The molecular weight excluding hydrogens is 655 g/mol. The number of anilines is 1. The van der Waals surface area contributed by atoms with Crippen LogP contribution in [0.25, 0.3) is 0 Å². The second-order valence-corrected chi connectivity index (χ2v) is 13.5. The first-order valence-electron chi connectivity index (χ1n) is 14.6. The molecule has 1 amide bonds. The molecule has 2 aliphatic rings. The summed E-state index contributed by atoms with van der Waals surface area (Å²) in [6, 6.07) is 13.7. The van der Waals surface area contributed by atoms with Gasteiger partial charge in [-0.05, 0) is 66.9 Å². The normalized spacial score (nSPS) is 19.9. The number of nitrogens with zero attached hydrogens (tertiary/aromatic N) is 3. The monoisotopic (exact) mass is 686 g/mol. The number of methoxy groups -OCH3 is 2. The molecule has 2 aliphatic heterocycles. The molecule has 0 aliphatic carbocycles. The van der Waals surface area contributed by atoms with E-state index in [0.717, 1.165) is 9.87 Å². The summed E-state index contributed by atoms with van der Waals surface area (Å²) in [4.78, 5) is 21.7. The van der Waals surface area contributed by atoms with E-state index in [4.69, 9.17) is 37.1 Å². The number of rotatable bonds is 11. The van der Waals surface area contributed by atoms with Crippen molar-refractivity contribution in [3.8, 4) is 11.5 Å². The van der Waals surface area contributed by atoms with Crippen LogP contribution in [0.2, 0.25) is 10.0 Å². The standard InChI is InChI=1S/C32H32Cl2N4O7S/c1-43-21-6-8-22(9-7-21)46(41,42)38-28-18-26(34)25(33)17-23(28)32(31(38)40,37-13-3-4-27(37)30-36-12-15-45-30)24-16-20(19-35-11-14-39)5-10-29(24)44-2/h5-10,12,15-18,27,35,39H,3-4,11,13-14,19H2,1-2H3/t27-,32?/m0/s1. The zero-order valence-electron chi connectivity index (χ0n) is 25.1. The van der Waals surface area contributed by atoms with Gasteiger partial charge in [-0.1, -0.05) is 29.3 Å². The van der Waals surface area contributed by atoms with Gasteiger partial charge in [0.2, 0.25) is 5.89 Å². The van der Waals surface area contributed by atoms with Crippen LogP contribution in [0.1, 0.15) is 41.5 Å². The summed E-state index contributed by atoms with van der Waals surface area (Å²) in [5.41, 5.74) is -0.188. The lowest BCUT2D eigenvalue weighted by atomic mass is 9.80. The molecule has 0 bridgehead atoms. The number of hydrogen-bond donors (Lipinski definition) is 2. The number of carbonyl (C=O) groups is 1. The Morgan fingerprint density at radius 2 is 1.83 bits per heavy atom. The summed E-state index contributed by atoms with van der Waals surface area (Å²) in [5.74, 6) is 0.452. The van der Waals surface area contributed by atoms with Gasteiger partial charge in [0.25, 0.3) is 15.9 Å². The van der Waals surface area contributed by atoms with E-state index in [1.54, 1.807) is 12.1 Å². The minimum Gasteiger partial charge on any atom is -0.497 e. The van der Waals surface area contributed by atoms with E-state index in [-0.39, 0.29) is 27.2 Å². The Bertz CT molecular complexity index is 1850. The van der Waals surface area contributed by atoms with Gasteiger partial charge >= 0.3 is 0 Å². The summed E-state index contributed by atoms with van der Waals surface area (Å²) >= 11 is 13.2. The lowest BCUT2D eigenvalue weighted by molar-refractivity contribution is -0.127. The fourth-order valence-electron chi connectivity index (χ4n) is 6.43. The molecule has 11 nitrogen and oxygen atoms in total. The second-order valence-electron chi connectivity index (χ2n) is 10.9. The highest BCUT2D eigenvalue weighted by Gasteiger charge is 2.63. The topological polar surface area (TPSA) is 134 Å². The van der Waals surface area contributed by atoms with Crippen LogP contribution in [0.5, 0.6) is 11.5 Å². The summed E-state index contributed by atoms with van der Waals surface area (Å²) in [7, 11) is -1.53. The highest BCUT2D eigenvalue weighted by Crippen LogP contribution is 2.57. The first-order chi connectivity index (χ1) is 22.2. The molecule has 0 spiro atoms. The number of nitrogens with one attached hydrogen (secondary N) is 1. The summed E-state index contributed by atoms with van der Waals surface area (Å²) < 4.78 is 46.7. The van der Waals surface area contributed by atoms with Gasteiger partial charge in [0.05, 0.1) is 53.7 Å². The van der Waals surface area contributed by atoms with Gasteiger partial charge in [0.1, 0.15) is 17.8 Å². The fourth-order valence-corrected chi connectivity index (χ4v) is 8.21. The third kappa shape index (κ3) is 5.23. The molecule has 1 aromatic heterocycles. The summed E-state index contributed by atoms with van der Waals surface area (Å²) in [6.45, 7) is 1.06. The predicted molar refractivity (Wildman–Crippen MR) is 172 cm³/mol. The van der Waals surface area contributed by atoms with Crippen molar-refractivity contribution in [1.29, 1.82) is 0 Å². The molecule has 1 saturated heterocycles. The number of hydrogen-bond acceptors (Lipinski definition) is 10. The molecule has 3 heterocycles. The van der Waals surface area contributed by atoms with Crippen molar-refractivity contribution in [1.82, 2.24) is 15.2 Å². The Balaban J connectivity index is 1.66. The number of likely N-dealkylation sites (tertiary alicyclic amines) is 1. The number of halogens is 2. The van der Waals surface area contributed by atoms with Crippen molar-refractivity contribution < 1.29 is 32.2 Å². The van der Waals surface area contributed by atoms with Crippen LogP contribution in [-0.4, -0.2) is 63.2 Å². The van der Waals surface area contributed by atoms with Crippen LogP contribution in [-0.2, 0) is 26.9 Å². The fraction of sp³-hybridized carbons (Fsp3) is 0.312. The number of aliphatic hydroxyl groups is 1. The van der Waals surface area contributed by atoms with E-state index in [9.17, 15) is 13.5 Å². The third-order valence-corrected chi connectivity index (χ3v) is 10.9. The minimum absolute atomic E-state index is 0.0537. The molecular formula is C32H32Cl2N4O7S. The number of aromatic nitrogens is 1. The van der Waals surface area contributed by atoms with Gasteiger partial charge in [0, 0.05) is 30.8 Å². The van der Waals surface area contributed by atoms with Gasteiger partial charge in [-0.3, -0.25) is 9.69 Å². The quantitative estimate of drug-likeness (QED) is 0.210. The number of carbonyl (C=O) groups excluding carboxylic acids is 1. The second kappa shape index (κ2) is 12.9. The molecule has 0 radical (unpaired) electrons. The van der Waals surface area contributed by atoms with Crippen LogP contribution in [0.4, 0.5) is 5.69 Å². The molecule has 2 atom stereocenters. The van der Waals surface area contributed by atoms with Gasteiger partial charge in [-0.25, -0.2) is 17.7 Å². The average molecular weight is 688 g/mol. The molecule has 4 aromatic rings. The number of benzene rings is 3. The lowest BCUT2D eigenvalue weighted by Crippen LogP contribution is -2.54. The Morgan fingerprint density at radius 1 is 1.07 bits per heavy atom. The van der Waals surface area contributed by atoms with Crippen molar-refractivity contribution in [3.05, 3.63) is 99.7 Å². The zero-order valence-corrected chi connectivity index (χ0v) is 27.4. The van der Waals surface area contributed by atoms with Crippen LogP contribution < -0.4 is 19.1 Å². The van der Waals surface area contributed by atoms with E-state index in [1.807, 2.05) is 17.0 Å². The molecule has 6 rings (SSSR count). The SMILES string of the molecule is COc1ccc(S(=O)(=O)N2C(=O)C(c3cc(CNCCO)ccc3OC)(N3CCC[C@H]3c3ncco3)c3cc(Cl)c(Cl)cc32)cc1. The highest BCUT2D eigenvalue weighted by molar-refractivity contribution is 7.93. The van der Waals surface area contributed by atoms with E-state index < -0.39 is 27.5 Å². The number of amides is 1. The smallest absolute Gasteiger partial charge is 0.271 e. The van der Waals surface area contributed by atoms with Crippen LogP contribution in [0.15, 0.2) is 76.4 Å². The molecule has 14 heteroatoms. The molecule has 0 saturated carbocycles. The predicted octanol–water partition coefficient (Wildman–Crippen LogP) is 4.90. The maximum Gasteiger partial charge on any atom is 0.271 e. The third-order valence-electron chi connectivity index (χ3n) is 8.43. The number of aliphatic hydroxyl groups excluding tert-OH is 1. The van der Waals surface area contributed by atoms with Gasteiger partial charge < -0.3 is 24.3 Å². The van der Waals surface area contributed by atoms with Crippen LogP contribution >= 0.6 is 23.2 Å². The molecule has 2 N–H and O–H groups in total. The number of fused-ring (bicyclic) bond motifs is 1.